The average Bonchev–Trinajstić information content (AvgIpc) is 3.62. The van der Waals surface area contributed by atoms with E-state index in [0.29, 0.717) is 18.0 Å². The zero-order valence-electron chi connectivity index (χ0n) is 23.3. The van der Waals surface area contributed by atoms with E-state index in [2.05, 4.69) is 0 Å². The van der Waals surface area contributed by atoms with E-state index in [1.54, 1.807) is 19.1 Å². The van der Waals surface area contributed by atoms with Crippen LogP contribution in [0, 0.1) is 17.8 Å². The predicted octanol–water partition coefficient (Wildman–Crippen LogP) is 6.52. The number of esters is 1. The molecule has 1 amide bonds. The van der Waals surface area contributed by atoms with Crippen LogP contribution in [0.5, 0.6) is 0 Å². The van der Waals surface area contributed by atoms with Crippen LogP contribution in [-0.2, 0) is 20.7 Å². The minimum Gasteiger partial charge on any atom is -0.460 e. The fourth-order valence-electron chi connectivity index (χ4n) is 6.59. The number of fused-ring (bicyclic) bond motifs is 1. The van der Waals surface area contributed by atoms with Gasteiger partial charge in [0.1, 0.15) is 5.58 Å². The molecule has 1 saturated heterocycles. The third-order valence-electron chi connectivity index (χ3n) is 8.84. The molecule has 0 spiro atoms. The smallest absolute Gasteiger partial charge is 0.374 e. The molecule has 1 aliphatic heterocycles. The highest BCUT2D eigenvalue weighted by atomic mass is 19.1. The number of carbonyl (C=O) groups excluding carboxylic acids is 3. The normalized spacial score (nSPS) is 23.7. The Morgan fingerprint density at radius 1 is 1.02 bits per heavy atom. The molecule has 0 radical (unpaired) electrons. The van der Waals surface area contributed by atoms with Crippen molar-refractivity contribution in [1.29, 1.82) is 0 Å². The summed E-state index contributed by atoms with van der Waals surface area (Å²) in [5.41, 5.74) is 2.43. The molecule has 2 heterocycles. The summed E-state index contributed by atoms with van der Waals surface area (Å²) in [6.45, 7) is 4.18. The Balaban J connectivity index is 1.36. The molecule has 1 aromatic heterocycles. The number of carbonyl (C=O) groups is 3. The summed E-state index contributed by atoms with van der Waals surface area (Å²) in [4.78, 5) is 41.7. The first-order valence-corrected chi connectivity index (χ1v) is 14.5. The molecule has 0 bridgehead atoms. The molecule has 1 aliphatic carbocycles. The van der Waals surface area contributed by atoms with Gasteiger partial charge in [-0.05, 0) is 80.2 Å². The van der Waals surface area contributed by atoms with Gasteiger partial charge in [0.2, 0.25) is 11.7 Å². The highest BCUT2D eigenvalue weighted by molar-refractivity contribution is 5.95. The first kappa shape index (κ1) is 28.1. The Hall–Kier alpha value is -3.48. The van der Waals surface area contributed by atoms with Crippen LogP contribution in [0.2, 0.25) is 0 Å². The Kier molecular flexibility index (Phi) is 8.67. The lowest BCUT2D eigenvalue weighted by molar-refractivity contribution is -0.142. The molecule has 3 aromatic rings. The quantitative estimate of drug-likeness (QED) is 0.285. The second kappa shape index (κ2) is 12.4. The van der Waals surface area contributed by atoms with E-state index in [-0.39, 0.29) is 54.9 Å². The number of alkyl halides is 1. The predicted molar refractivity (Wildman–Crippen MR) is 151 cm³/mol. The van der Waals surface area contributed by atoms with Gasteiger partial charge in [-0.2, -0.15) is 0 Å². The highest BCUT2D eigenvalue weighted by Gasteiger charge is 2.44. The Labute approximate surface area is 234 Å². The molecule has 7 heteroatoms. The standard InChI is InChI=1S/C33H38FNO5/c1-3-39-33(38)30-19-26-17-22(9-14-29(26)40-30)18-28(36)31-27(24-7-5-4-6-8-24)15-16-35(31)32(37)25-12-10-23(11-13-25)21(2)20-34/h4-9,14,17,19,21,23,25,27,31H,3,10-13,15-16,18,20H2,1-2H3/t21-,23?,25?,27+,31+/m1/s1. The van der Waals surface area contributed by atoms with Crippen LogP contribution in [0.4, 0.5) is 4.39 Å². The van der Waals surface area contributed by atoms with E-state index >= 15 is 0 Å². The number of nitrogens with zero attached hydrogens (tertiary/aromatic N) is 1. The minimum absolute atomic E-state index is 0.00732. The van der Waals surface area contributed by atoms with Gasteiger partial charge >= 0.3 is 5.97 Å². The number of hydrogen-bond donors (Lipinski definition) is 0. The molecule has 2 fully saturated rings. The lowest BCUT2D eigenvalue weighted by Crippen LogP contribution is -2.46. The summed E-state index contributed by atoms with van der Waals surface area (Å²) >= 11 is 0. The number of likely N-dealkylation sites (tertiary alicyclic amines) is 1. The molecular weight excluding hydrogens is 509 g/mol. The van der Waals surface area contributed by atoms with Gasteiger partial charge in [-0.25, -0.2) is 4.79 Å². The van der Waals surface area contributed by atoms with E-state index in [1.807, 2.05) is 54.3 Å². The van der Waals surface area contributed by atoms with Gasteiger partial charge in [-0.15, -0.1) is 0 Å². The van der Waals surface area contributed by atoms with Crippen molar-refractivity contribution in [3.63, 3.8) is 0 Å². The maximum absolute atomic E-state index is 14.0. The van der Waals surface area contributed by atoms with E-state index in [1.165, 1.54) is 0 Å². The molecule has 0 unspecified atom stereocenters. The van der Waals surface area contributed by atoms with Crippen LogP contribution >= 0.6 is 0 Å². The summed E-state index contributed by atoms with van der Waals surface area (Å²) in [7, 11) is 0. The molecule has 6 nitrogen and oxygen atoms in total. The van der Waals surface area contributed by atoms with Crippen LogP contribution < -0.4 is 0 Å². The van der Waals surface area contributed by atoms with Crippen LogP contribution in [0.15, 0.2) is 59.0 Å². The van der Waals surface area contributed by atoms with Crippen molar-refractivity contribution in [3.05, 3.63) is 71.5 Å². The Bertz CT molecular complexity index is 1340. The SMILES string of the molecule is CCOC(=O)c1cc2cc(CC(=O)[C@@H]3[C@H](c4ccccc4)CCN3C(=O)C3CCC([C@H](C)CF)CC3)ccc2o1. The molecule has 40 heavy (non-hydrogen) atoms. The lowest BCUT2D eigenvalue weighted by atomic mass is 9.76. The van der Waals surface area contributed by atoms with Crippen molar-refractivity contribution < 1.29 is 27.9 Å². The van der Waals surface area contributed by atoms with Gasteiger partial charge in [0.05, 0.1) is 19.3 Å². The molecular formula is C33H38FNO5. The summed E-state index contributed by atoms with van der Waals surface area (Å²) in [6, 6.07) is 16.6. The highest BCUT2D eigenvalue weighted by Crippen LogP contribution is 2.39. The zero-order valence-corrected chi connectivity index (χ0v) is 23.3. The van der Waals surface area contributed by atoms with Crippen LogP contribution in [0.3, 0.4) is 0 Å². The first-order chi connectivity index (χ1) is 19.4. The topological polar surface area (TPSA) is 76.8 Å². The molecule has 1 saturated carbocycles. The maximum Gasteiger partial charge on any atom is 0.374 e. The molecule has 3 atom stereocenters. The number of halogens is 1. The summed E-state index contributed by atoms with van der Waals surface area (Å²) in [5.74, 6) is -0.140. The molecule has 2 aromatic carbocycles. The van der Waals surface area contributed by atoms with E-state index in [0.717, 1.165) is 48.6 Å². The number of furan rings is 1. The molecule has 212 valence electrons. The van der Waals surface area contributed by atoms with E-state index in [4.69, 9.17) is 9.15 Å². The van der Waals surface area contributed by atoms with Gasteiger partial charge in [0.15, 0.2) is 5.78 Å². The van der Waals surface area contributed by atoms with Crippen LogP contribution in [-0.4, -0.2) is 48.4 Å². The first-order valence-electron chi connectivity index (χ1n) is 14.5. The van der Waals surface area contributed by atoms with Crippen molar-refractivity contribution in [3.8, 4) is 0 Å². The maximum atomic E-state index is 14.0. The van der Waals surface area contributed by atoms with Gasteiger partial charge in [-0.1, -0.05) is 43.3 Å². The zero-order chi connectivity index (χ0) is 28.2. The van der Waals surface area contributed by atoms with Gasteiger partial charge in [0.25, 0.3) is 0 Å². The van der Waals surface area contributed by atoms with Crippen molar-refractivity contribution >= 4 is 28.6 Å². The fourth-order valence-corrected chi connectivity index (χ4v) is 6.59. The number of Topliss-reactive ketones (excluding diaryl/α,β-unsaturated/α-hetero) is 1. The molecule has 2 aliphatic rings. The number of ether oxygens (including phenoxy) is 1. The lowest BCUT2D eigenvalue weighted by Gasteiger charge is -2.35. The number of rotatable bonds is 9. The minimum atomic E-state index is -0.535. The largest absolute Gasteiger partial charge is 0.460 e. The van der Waals surface area contributed by atoms with Crippen molar-refractivity contribution in [2.45, 2.75) is 64.3 Å². The van der Waals surface area contributed by atoms with E-state index < -0.39 is 12.0 Å². The number of ketones is 1. The summed E-state index contributed by atoms with van der Waals surface area (Å²) < 4.78 is 23.9. The van der Waals surface area contributed by atoms with Gasteiger partial charge < -0.3 is 14.1 Å². The second-order valence-electron chi connectivity index (χ2n) is 11.4. The van der Waals surface area contributed by atoms with E-state index in [9.17, 15) is 18.8 Å². The summed E-state index contributed by atoms with van der Waals surface area (Å²) in [5, 5.41) is 0.728. The Morgan fingerprint density at radius 2 is 1.77 bits per heavy atom. The molecule has 5 rings (SSSR count). The second-order valence-corrected chi connectivity index (χ2v) is 11.4. The Morgan fingerprint density at radius 3 is 2.48 bits per heavy atom. The van der Waals surface area contributed by atoms with Gasteiger partial charge in [-0.3, -0.25) is 14.0 Å². The number of benzene rings is 2. The van der Waals surface area contributed by atoms with Crippen molar-refractivity contribution in [2.24, 2.45) is 17.8 Å². The van der Waals surface area contributed by atoms with Crippen LogP contribution in [0.25, 0.3) is 11.0 Å². The van der Waals surface area contributed by atoms with Crippen LogP contribution in [0.1, 0.15) is 73.6 Å². The monoisotopic (exact) mass is 547 g/mol. The van der Waals surface area contributed by atoms with Crippen molar-refractivity contribution in [1.82, 2.24) is 4.90 Å². The number of hydrogen-bond acceptors (Lipinski definition) is 5. The average molecular weight is 548 g/mol. The molecule has 0 N–H and O–H groups in total. The van der Waals surface area contributed by atoms with Crippen molar-refractivity contribution in [2.75, 3.05) is 19.8 Å². The number of amides is 1. The van der Waals surface area contributed by atoms with Gasteiger partial charge in [0, 0.05) is 30.2 Å². The third-order valence-corrected chi connectivity index (χ3v) is 8.84. The summed E-state index contributed by atoms with van der Waals surface area (Å²) in [6.07, 6.45) is 4.13. The fraction of sp³-hybridized carbons (Fsp3) is 0.485. The third kappa shape index (κ3) is 5.84.